The van der Waals surface area contributed by atoms with Crippen molar-refractivity contribution in [1.82, 2.24) is 9.97 Å². The Hall–Kier alpha value is -2.70. The number of benzene rings is 2. The highest BCUT2D eigenvalue weighted by Gasteiger charge is 2.22. The smallest absolute Gasteiger partial charge is 0.237 e. The second kappa shape index (κ2) is 9.41. The molecule has 4 rings (SSSR count). The highest BCUT2D eigenvalue weighted by molar-refractivity contribution is 8.00. The van der Waals surface area contributed by atoms with Gasteiger partial charge < -0.3 is 5.32 Å². The van der Waals surface area contributed by atoms with E-state index in [1.165, 1.54) is 17.3 Å². The number of amides is 1. The highest BCUT2D eigenvalue weighted by atomic mass is 32.2. The van der Waals surface area contributed by atoms with E-state index in [1.54, 1.807) is 17.7 Å². The molecule has 1 amide bonds. The molecule has 1 N–H and O–H groups in total. The lowest BCUT2D eigenvalue weighted by molar-refractivity contribution is -0.115. The minimum Gasteiger partial charge on any atom is -0.325 e. The number of nitrogens with one attached hydrogen (secondary N) is 1. The minimum absolute atomic E-state index is 0.00463. The van der Waals surface area contributed by atoms with Crippen molar-refractivity contribution in [3.8, 4) is 11.1 Å². The van der Waals surface area contributed by atoms with Gasteiger partial charge in [-0.1, -0.05) is 68.1 Å². The van der Waals surface area contributed by atoms with Gasteiger partial charge in [-0.05, 0) is 36.1 Å². The molecule has 0 saturated carbocycles. The van der Waals surface area contributed by atoms with Crippen LogP contribution in [0.25, 0.3) is 21.3 Å². The summed E-state index contributed by atoms with van der Waals surface area (Å²) in [5.41, 5.74) is 4.33. The fourth-order valence-corrected chi connectivity index (χ4v) is 5.29. The Labute approximate surface area is 184 Å². The zero-order valence-electron chi connectivity index (χ0n) is 17.0. The summed E-state index contributed by atoms with van der Waals surface area (Å²) in [5, 5.41) is 6.81. The first-order valence-electron chi connectivity index (χ1n) is 10.0. The molecule has 1 atom stereocenters. The quantitative estimate of drug-likeness (QED) is 0.269. The van der Waals surface area contributed by atoms with Gasteiger partial charge in [0.15, 0.2) is 0 Å². The van der Waals surface area contributed by atoms with Gasteiger partial charge in [0.2, 0.25) is 5.91 Å². The van der Waals surface area contributed by atoms with Crippen LogP contribution in [0.5, 0.6) is 0 Å². The summed E-state index contributed by atoms with van der Waals surface area (Å²) < 4.78 is 0. The number of hydrogen-bond donors (Lipinski definition) is 1. The monoisotopic (exact) mass is 433 g/mol. The maximum Gasteiger partial charge on any atom is 0.237 e. The van der Waals surface area contributed by atoms with Crippen LogP contribution in [0, 0.1) is 0 Å². The van der Waals surface area contributed by atoms with Crippen LogP contribution in [-0.2, 0) is 11.2 Å². The molecule has 2 heterocycles. The third kappa shape index (κ3) is 4.40. The predicted molar refractivity (Wildman–Crippen MR) is 127 cm³/mol. The van der Waals surface area contributed by atoms with Crippen molar-refractivity contribution < 1.29 is 4.79 Å². The zero-order chi connectivity index (χ0) is 20.9. The Morgan fingerprint density at radius 3 is 2.53 bits per heavy atom. The number of aryl methyl sites for hydroxylation is 1. The molecule has 0 radical (unpaired) electrons. The summed E-state index contributed by atoms with van der Waals surface area (Å²) in [7, 11) is 0. The lowest BCUT2D eigenvalue weighted by atomic mass is 10.1. The number of nitrogens with zero attached hydrogens (tertiary/aromatic N) is 2. The molecule has 30 heavy (non-hydrogen) atoms. The lowest BCUT2D eigenvalue weighted by Crippen LogP contribution is -2.24. The van der Waals surface area contributed by atoms with Gasteiger partial charge in [-0.25, -0.2) is 9.97 Å². The maximum absolute atomic E-state index is 13.0. The topological polar surface area (TPSA) is 54.9 Å². The van der Waals surface area contributed by atoms with Gasteiger partial charge in [0.05, 0.1) is 10.6 Å². The summed E-state index contributed by atoms with van der Waals surface area (Å²) in [6, 6.07) is 18.3. The van der Waals surface area contributed by atoms with Crippen LogP contribution in [0.3, 0.4) is 0 Å². The Bertz CT molecular complexity index is 1140. The van der Waals surface area contributed by atoms with Gasteiger partial charge in [-0.2, -0.15) is 0 Å². The van der Waals surface area contributed by atoms with E-state index in [1.807, 2.05) is 37.3 Å². The fourth-order valence-electron chi connectivity index (χ4n) is 3.27. The van der Waals surface area contributed by atoms with Crippen molar-refractivity contribution in [3.63, 3.8) is 0 Å². The van der Waals surface area contributed by atoms with E-state index in [4.69, 9.17) is 0 Å². The van der Waals surface area contributed by atoms with Gasteiger partial charge in [0.1, 0.15) is 16.2 Å². The molecule has 4 nitrogen and oxygen atoms in total. The number of fused-ring (bicyclic) bond motifs is 1. The van der Waals surface area contributed by atoms with Crippen molar-refractivity contribution in [2.45, 2.75) is 37.0 Å². The first-order chi connectivity index (χ1) is 14.7. The van der Waals surface area contributed by atoms with Crippen LogP contribution < -0.4 is 5.32 Å². The molecule has 0 aliphatic rings. The molecule has 4 aromatic rings. The highest BCUT2D eigenvalue weighted by Crippen LogP contribution is 2.39. The number of thiophene rings is 1. The van der Waals surface area contributed by atoms with Crippen LogP contribution in [0.4, 0.5) is 5.69 Å². The minimum atomic E-state index is -0.238. The van der Waals surface area contributed by atoms with E-state index in [0.29, 0.717) is 6.42 Å². The standard InChI is InChI=1S/C24H23N3OS2/c1-3-16-10-12-18(13-11-16)27-22(28)20(4-2)30-24-21-19(17-8-6-5-7-9-17)14-29-23(21)25-15-26-24/h5-15,20H,3-4H2,1-2H3,(H,27,28). The fraction of sp³-hybridized carbons (Fsp3) is 0.208. The van der Waals surface area contributed by atoms with Crippen LogP contribution in [0.1, 0.15) is 25.8 Å². The molecule has 0 spiro atoms. The normalized spacial score (nSPS) is 12.1. The number of hydrogen-bond acceptors (Lipinski definition) is 5. The molecule has 0 aliphatic carbocycles. The van der Waals surface area contributed by atoms with Crippen LogP contribution in [-0.4, -0.2) is 21.1 Å². The summed E-state index contributed by atoms with van der Waals surface area (Å²) >= 11 is 3.12. The Kier molecular flexibility index (Phi) is 6.45. The van der Waals surface area contributed by atoms with E-state index in [9.17, 15) is 4.79 Å². The molecule has 2 aromatic heterocycles. The number of carbonyl (C=O) groups is 1. The van der Waals surface area contributed by atoms with Crippen molar-refractivity contribution in [1.29, 1.82) is 0 Å². The van der Waals surface area contributed by atoms with E-state index >= 15 is 0 Å². The molecular weight excluding hydrogens is 410 g/mol. The van der Waals surface area contributed by atoms with E-state index in [0.717, 1.165) is 38.5 Å². The Morgan fingerprint density at radius 1 is 1.07 bits per heavy atom. The summed E-state index contributed by atoms with van der Waals surface area (Å²) in [6.07, 6.45) is 3.28. The molecule has 2 aromatic carbocycles. The number of thioether (sulfide) groups is 1. The van der Waals surface area contributed by atoms with Gasteiger partial charge >= 0.3 is 0 Å². The number of rotatable bonds is 7. The SMILES string of the molecule is CCc1ccc(NC(=O)C(CC)Sc2ncnc3scc(-c4ccccc4)c23)cc1. The number of anilines is 1. The van der Waals surface area contributed by atoms with Crippen LogP contribution in [0.2, 0.25) is 0 Å². The van der Waals surface area contributed by atoms with E-state index < -0.39 is 0 Å². The molecule has 152 valence electrons. The molecule has 1 unspecified atom stereocenters. The van der Waals surface area contributed by atoms with Crippen molar-refractivity contribution in [3.05, 3.63) is 71.9 Å². The van der Waals surface area contributed by atoms with Gasteiger partial charge in [-0.15, -0.1) is 11.3 Å². The summed E-state index contributed by atoms with van der Waals surface area (Å²) in [5.74, 6) is -0.00463. The average Bonchev–Trinajstić information content (AvgIpc) is 3.23. The lowest BCUT2D eigenvalue weighted by Gasteiger charge is -2.15. The molecular formula is C24H23N3OS2. The van der Waals surface area contributed by atoms with Crippen molar-refractivity contribution >= 4 is 44.9 Å². The molecule has 0 saturated heterocycles. The van der Waals surface area contributed by atoms with Crippen molar-refractivity contribution in [2.75, 3.05) is 5.32 Å². The molecule has 6 heteroatoms. The zero-order valence-corrected chi connectivity index (χ0v) is 18.6. The van der Waals surface area contributed by atoms with Crippen LogP contribution >= 0.6 is 23.1 Å². The van der Waals surface area contributed by atoms with Gasteiger partial charge in [-0.3, -0.25) is 4.79 Å². The Morgan fingerprint density at radius 2 is 1.83 bits per heavy atom. The molecule has 0 bridgehead atoms. The predicted octanol–water partition coefficient (Wildman–Crippen LogP) is 6.43. The third-order valence-corrected chi connectivity index (χ3v) is 7.22. The second-order valence-corrected chi connectivity index (χ2v) is 8.98. The Balaban J connectivity index is 1.60. The number of aromatic nitrogens is 2. The van der Waals surface area contributed by atoms with Gasteiger partial charge in [0.25, 0.3) is 0 Å². The maximum atomic E-state index is 13.0. The summed E-state index contributed by atoms with van der Waals surface area (Å²) in [6.45, 7) is 4.15. The van der Waals surface area contributed by atoms with E-state index in [2.05, 4.69) is 51.9 Å². The third-order valence-electron chi connectivity index (χ3n) is 4.97. The van der Waals surface area contributed by atoms with E-state index in [-0.39, 0.29) is 11.2 Å². The number of carbonyl (C=O) groups excluding carboxylic acids is 1. The van der Waals surface area contributed by atoms with Crippen LogP contribution in [0.15, 0.2) is 71.3 Å². The first kappa shape index (κ1) is 20.6. The average molecular weight is 434 g/mol. The second-order valence-electron chi connectivity index (χ2n) is 6.93. The van der Waals surface area contributed by atoms with Gasteiger partial charge in [0, 0.05) is 16.6 Å². The summed E-state index contributed by atoms with van der Waals surface area (Å²) in [4.78, 5) is 22.9. The van der Waals surface area contributed by atoms with Crippen molar-refractivity contribution in [2.24, 2.45) is 0 Å². The first-order valence-corrected chi connectivity index (χ1v) is 11.8. The largest absolute Gasteiger partial charge is 0.325 e. The molecule has 0 fully saturated rings. The molecule has 0 aliphatic heterocycles.